The van der Waals surface area contributed by atoms with Crippen LogP contribution in [0.5, 0.6) is 0 Å². The van der Waals surface area contributed by atoms with E-state index in [2.05, 4.69) is 6.92 Å². The quantitative estimate of drug-likeness (QED) is 0.480. The number of unbranched alkanes of at least 4 members (excludes halogenated alkanes) is 2. The Hall–Kier alpha value is -0.220. The van der Waals surface area contributed by atoms with Gasteiger partial charge in [0.05, 0.1) is 16.7 Å². The number of ether oxygens (including phenoxy) is 1. The summed E-state index contributed by atoms with van der Waals surface area (Å²) >= 11 is 17.4. The Morgan fingerprint density at radius 2 is 2.11 bits per heavy atom. The molecule has 0 aromatic rings. The fourth-order valence-electron chi connectivity index (χ4n) is 1.53. The zero-order valence-electron chi connectivity index (χ0n) is 9.96. The zero-order chi connectivity index (χ0) is 13.8. The largest absolute Gasteiger partial charge is 0.465 e. The summed E-state index contributed by atoms with van der Waals surface area (Å²) in [7, 11) is 0. The minimum Gasteiger partial charge on any atom is -0.465 e. The lowest BCUT2D eigenvalue weighted by molar-refractivity contribution is -0.150. The van der Waals surface area contributed by atoms with Gasteiger partial charge in [-0.2, -0.15) is 0 Å². The zero-order valence-corrected chi connectivity index (χ0v) is 12.2. The molecular weight excluding hydrogens is 298 g/mol. The molecule has 1 aliphatic carbocycles. The first kappa shape index (κ1) is 15.8. The molecule has 1 rings (SSSR count). The number of allylic oxidation sites excluding steroid dienone is 2. The predicted octanol–water partition coefficient (Wildman–Crippen LogP) is 3.52. The summed E-state index contributed by atoms with van der Waals surface area (Å²) < 4.78 is 5.04. The highest BCUT2D eigenvalue weighted by molar-refractivity contribution is 6.45. The Bertz CT molecular complexity index is 375. The van der Waals surface area contributed by atoms with Crippen LogP contribution in [0.25, 0.3) is 0 Å². The third-order valence-corrected chi connectivity index (χ3v) is 3.64. The topological polar surface area (TPSA) is 46.5 Å². The number of aliphatic hydroxyl groups is 1. The molecule has 2 atom stereocenters. The van der Waals surface area contributed by atoms with Gasteiger partial charge in [0.25, 0.3) is 0 Å². The van der Waals surface area contributed by atoms with Gasteiger partial charge >= 0.3 is 5.97 Å². The lowest BCUT2D eigenvalue weighted by Crippen LogP contribution is -2.37. The first-order chi connectivity index (χ1) is 8.38. The first-order valence-corrected chi connectivity index (χ1v) is 6.86. The van der Waals surface area contributed by atoms with Crippen molar-refractivity contribution in [3.63, 3.8) is 0 Å². The Morgan fingerprint density at radius 3 is 2.72 bits per heavy atom. The Labute approximate surface area is 121 Å². The third-order valence-electron chi connectivity index (χ3n) is 2.55. The van der Waals surface area contributed by atoms with E-state index in [1.165, 1.54) is 6.08 Å². The molecule has 6 heteroatoms. The average molecular weight is 314 g/mol. The highest BCUT2D eigenvalue weighted by Gasteiger charge is 2.41. The third kappa shape index (κ3) is 4.16. The summed E-state index contributed by atoms with van der Waals surface area (Å²) in [4.78, 5) is 11.8. The Kier molecular flexibility index (Phi) is 5.99. The van der Waals surface area contributed by atoms with Crippen molar-refractivity contribution in [1.82, 2.24) is 0 Å². The minimum absolute atomic E-state index is 0.115. The van der Waals surface area contributed by atoms with Crippen LogP contribution in [0, 0.1) is 5.92 Å². The van der Waals surface area contributed by atoms with Crippen LogP contribution in [0.4, 0.5) is 0 Å². The number of hydrogen-bond acceptors (Lipinski definition) is 3. The van der Waals surface area contributed by atoms with Gasteiger partial charge in [-0.25, -0.2) is 0 Å². The molecule has 0 radical (unpaired) electrons. The average Bonchev–Trinajstić information content (AvgIpc) is 2.28. The van der Waals surface area contributed by atoms with Crippen molar-refractivity contribution in [2.24, 2.45) is 5.92 Å². The van der Waals surface area contributed by atoms with E-state index >= 15 is 0 Å². The molecule has 0 saturated heterocycles. The normalized spacial score (nSPS) is 27.5. The van der Waals surface area contributed by atoms with Crippen LogP contribution < -0.4 is 0 Å². The van der Waals surface area contributed by atoms with E-state index in [1.54, 1.807) is 0 Å². The van der Waals surface area contributed by atoms with Gasteiger partial charge in [0.2, 0.25) is 0 Å². The number of carbonyl (C=O) groups is 1. The summed E-state index contributed by atoms with van der Waals surface area (Å²) in [6, 6.07) is 0. The number of hydrogen-bond donors (Lipinski definition) is 1. The number of rotatable bonds is 5. The predicted molar refractivity (Wildman–Crippen MR) is 72.6 cm³/mol. The first-order valence-electron chi connectivity index (χ1n) is 5.72. The van der Waals surface area contributed by atoms with Crippen LogP contribution in [0.1, 0.15) is 26.2 Å². The second kappa shape index (κ2) is 6.80. The molecule has 102 valence electrons. The van der Waals surface area contributed by atoms with Gasteiger partial charge in [-0.1, -0.05) is 54.6 Å². The molecule has 0 aromatic carbocycles. The highest BCUT2D eigenvalue weighted by Crippen LogP contribution is 2.37. The molecule has 1 aliphatic rings. The lowest BCUT2D eigenvalue weighted by Gasteiger charge is -2.27. The maximum atomic E-state index is 11.8. The van der Waals surface area contributed by atoms with Crippen LogP contribution in [0.3, 0.4) is 0 Å². The molecule has 0 aliphatic heterocycles. The van der Waals surface area contributed by atoms with E-state index in [4.69, 9.17) is 39.5 Å². The van der Waals surface area contributed by atoms with Gasteiger partial charge < -0.3 is 9.84 Å². The highest BCUT2D eigenvalue weighted by atomic mass is 35.5. The Balaban J connectivity index is 2.62. The molecule has 2 unspecified atom stereocenters. The summed E-state index contributed by atoms with van der Waals surface area (Å²) in [5, 5.41) is 8.30. The van der Waals surface area contributed by atoms with E-state index in [1.807, 2.05) is 0 Å². The van der Waals surface area contributed by atoms with Gasteiger partial charge in [-0.15, -0.1) is 0 Å². The molecule has 18 heavy (non-hydrogen) atoms. The molecular formula is C12H15Cl3O3. The minimum atomic E-state index is -1.89. The van der Waals surface area contributed by atoms with Crippen LogP contribution in [0.2, 0.25) is 0 Å². The number of alkyl halides is 1. The van der Waals surface area contributed by atoms with E-state index < -0.39 is 16.9 Å². The fraction of sp³-hybridized carbons (Fsp3) is 0.583. The van der Waals surface area contributed by atoms with Crippen molar-refractivity contribution >= 4 is 40.8 Å². The summed E-state index contributed by atoms with van der Waals surface area (Å²) in [5.41, 5.74) is 0. The van der Waals surface area contributed by atoms with Crippen molar-refractivity contribution < 1.29 is 14.6 Å². The van der Waals surface area contributed by atoms with E-state index in [-0.39, 0.29) is 10.1 Å². The van der Waals surface area contributed by atoms with Gasteiger partial charge in [0.1, 0.15) is 5.92 Å². The maximum Gasteiger partial charge on any atom is 0.317 e. The SMILES string of the molecule is CCCCCOC(=O)C1C=C(Cl)C(Cl)=CC1(O)Cl. The van der Waals surface area contributed by atoms with Crippen LogP contribution in [-0.2, 0) is 9.53 Å². The molecule has 0 aromatic heterocycles. The van der Waals surface area contributed by atoms with Crippen LogP contribution in [0.15, 0.2) is 22.2 Å². The smallest absolute Gasteiger partial charge is 0.317 e. The van der Waals surface area contributed by atoms with Crippen LogP contribution in [-0.4, -0.2) is 22.7 Å². The van der Waals surface area contributed by atoms with Gasteiger partial charge in [0.15, 0.2) is 5.06 Å². The van der Waals surface area contributed by atoms with Crippen molar-refractivity contribution in [2.45, 2.75) is 31.2 Å². The summed E-state index contributed by atoms with van der Waals surface area (Å²) in [6.07, 6.45) is 5.23. The number of halogens is 3. The second-order valence-corrected chi connectivity index (χ2v) is 5.51. The standard InChI is InChI=1S/C12H15Cl3O3/c1-2-3-4-5-18-11(16)8-6-9(13)10(14)7-12(8,15)17/h6-8,17H,2-5H2,1H3. The molecule has 0 fully saturated rings. The molecule has 3 nitrogen and oxygen atoms in total. The van der Waals surface area contributed by atoms with Crippen LogP contribution >= 0.6 is 34.8 Å². The number of carbonyl (C=O) groups excluding carboxylic acids is 1. The van der Waals surface area contributed by atoms with Gasteiger partial charge in [-0.3, -0.25) is 4.79 Å². The second-order valence-electron chi connectivity index (χ2n) is 4.09. The summed E-state index contributed by atoms with van der Waals surface area (Å²) in [6.45, 7) is 2.36. The van der Waals surface area contributed by atoms with Crippen molar-refractivity contribution in [1.29, 1.82) is 0 Å². The van der Waals surface area contributed by atoms with Gasteiger partial charge in [-0.05, 0) is 18.6 Å². The lowest BCUT2D eigenvalue weighted by atomic mass is 9.97. The van der Waals surface area contributed by atoms with Gasteiger partial charge in [0, 0.05) is 0 Å². The molecule has 0 amide bonds. The summed E-state index contributed by atoms with van der Waals surface area (Å²) in [5.74, 6) is -1.65. The molecule has 0 heterocycles. The van der Waals surface area contributed by atoms with E-state index in [0.29, 0.717) is 6.61 Å². The number of esters is 1. The van der Waals surface area contributed by atoms with E-state index in [9.17, 15) is 9.90 Å². The fourth-order valence-corrected chi connectivity index (χ4v) is 2.25. The Morgan fingerprint density at radius 1 is 1.44 bits per heavy atom. The molecule has 0 saturated carbocycles. The molecule has 1 N–H and O–H groups in total. The maximum absolute atomic E-state index is 11.8. The van der Waals surface area contributed by atoms with Crippen molar-refractivity contribution in [3.8, 4) is 0 Å². The molecule has 0 spiro atoms. The van der Waals surface area contributed by atoms with E-state index in [0.717, 1.165) is 25.3 Å². The van der Waals surface area contributed by atoms with Crippen molar-refractivity contribution in [2.75, 3.05) is 6.61 Å². The van der Waals surface area contributed by atoms with Crippen molar-refractivity contribution in [3.05, 3.63) is 22.2 Å². The monoisotopic (exact) mass is 312 g/mol. The molecule has 0 bridgehead atoms.